The van der Waals surface area contributed by atoms with Gasteiger partial charge in [0.1, 0.15) is 5.75 Å². The van der Waals surface area contributed by atoms with E-state index >= 15 is 0 Å². The summed E-state index contributed by atoms with van der Waals surface area (Å²) in [5.41, 5.74) is 8.25. The average molecular weight is 314 g/mol. The van der Waals surface area contributed by atoms with Gasteiger partial charge in [-0.05, 0) is 44.4 Å². The molecule has 1 fully saturated rings. The van der Waals surface area contributed by atoms with Crippen molar-refractivity contribution in [3.05, 3.63) is 27.7 Å². The van der Waals surface area contributed by atoms with Crippen LogP contribution < -0.4 is 10.5 Å². The zero-order valence-corrected chi connectivity index (χ0v) is 12.7. The summed E-state index contributed by atoms with van der Waals surface area (Å²) in [6.45, 7) is 4.91. The van der Waals surface area contributed by atoms with Gasteiger partial charge in [-0.15, -0.1) is 0 Å². The first-order valence-corrected chi connectivity index (χ1v) is 7.01. The molecule has 0 amide bonds. The summed E-state index contributed by atoms with van der Waals surface area (Å²) in [6.07, 6.45) is 2.06. The normalized spacial score (nSPS) is 25.2. The van der Waals surface area contributed by atoms with Crippen molar-refractivity contribution in [3.8, 4) is 5.75 Å². The summed E-state index contributed by atoms with van der Waals surface area (Å²) < 4.78 is 12.3. The van der Waals surface area contributed by atoms with Gasteiger partial charge in [0, 0.05) is 16.6 Å². The first-order valence-electron chi connectivity index (χ1n) is 6.21. The van der Waals surface area contributed by atoms with E-state index in [1.54, 1.807) is 7.11 Å². The van der Waals surface area contributed by atoms with Gasteiger partial charge >= 0.3 is 0 Å². The van der Waals surface area contributed by atoms with Crippen LogP contribution in [0.25, 0.3) is 0 Å². The number of aryl methyl sites for hydroxylation is 1. The molecule has 0 saturated carbocycles. The SMILES string of the molecule is COc1cc(C)c(Br)cc1C(N)C1(C)CCCO1. The third-order valence-corrected chi connectivity index (χ3v) is 4.61. The number of benzene rings is 1. The van der Waals surface area contributed by atoms with Crippen molar-refractivity contribution in [2.24, 2.45) is 5.73 Å². The minimum atomic E-state index is -0.290. The Morgan fingerprint density at radius 3 is 2.78 bits per heavy atom. The van der Waals surface area contributed by atoms with Crippen LogP contribution in [0.5, 0.6) is 5.75 Å². The van der Waals surface area contributed by atoms with Crippen LogP contribution in [0, 0.1) is 6.92 Å². The van der Waals surface area contributed by atoms with Crippen molar-refractivity contribution in [1.82, 2.24) is 0 Å². The van der Waals surface area contributed by atoms with Crippen LogP contribution in [0.3, 0.4) is 0 Å². The van der Waals surface area contributed by atoms with Crippen LogP contribution in [0.1, 0.15) is 36.9 Å². The summed E-state index contributed by atoms with van der Waals surface area (Å²) in [7, 11) is 1.68. The highest BCUT2D eigenvalue weighted by Gasteiger charge is 2.38. The largest absolute Gasteiger partial charge is 0.496 e. The zero-order chi connectivity index (χ0) is 13.3. The van der Waals surface area contributed by atoms with Crippen molar-refractivity contribution in [2.45, 2.75) is 38.3 Å². The van der Waals surface area contributed by atoms with Gasteiger partial charge < -0.3 is 15.2 Å². The highest BCUT2D eigenvalue weighted by molar-refractivity contribution is 9.10. The lowest BCUT2D eigenvalue weighted by Crippen LogP contribution is -2.37. The van der Waals surface area contributed by atoms with Crippen molar-refractivity contribution < 1.29 is 9.47 Å². The predicted octanol–water partition coefficient (Wildman–Crippen LogP) is 3.34. The van der Waals surface area contributed by atoms with Crippen LogP contribution in [0.2, 0.25) is 0 Å². The predicted molar refractivity (Wildman–Crippen MR) is 76.0 cm³/mol. The number of halogens is 1. The van der Waals surface area contributed by atoms with E-state index < -0.39 is 0 Å². The Morgan fingerprint density at radius 2 is 2.22 bits per heavy atom. The van der Waals surface area contributed by atoms with E-state index in [-0.39, 0.29) is 11.6 Å². The fourth-order valence-electron chi connectivity index (χ4n) is 2.47. The van der Waals surface area contributed by atoms with E-state index in [2.05, 4.69) is 22.9 Å². The van der Waals surface area contributed by atoms with Crippen LogP contribution in [-0.4, -0.2) is 19.3 Å². The molecule has 3 nitrogen and oxygen atoms in total. The third kappa shape index (κ3) is 2.42. The third-order valence-electron chi connectivity index (χ3n) is 3.75. The maximum Gasteiger partial charge on any atom is 0.124 e. The van der Waals surface area contributed by atoms with E-state index in [0.717, 1.165) is 40.8 Å². The van der Waals surface area contributed by atoms with Crippen molar-refractivity contribution >= 4 is 15.9 Å². The molecule has 1 aromatic rings. The molecule has 0 aromatic heterocycles. The Labute approximate surface area is 117 Å². The maximum atomic E-state index is 6.40. The van der Waals surface area contributed by atoms with E-state index in [1.807, 2.05) is 19.1 Å². The van der Waals surface area contributed by atoms with Gasteiger partial charge in [0.05, 0.1) is 18.8 Å². The molecule has 1 aliphatic rings. The van der Waals surface area contributed by atoms with Crippen LogP contribution in [0.4, 0.5) is 0 Å². The fourth-order valence-corrected chi connectivity index (χ4v) is 2.83. The zero-order valence-electron chi connectivity index (χ0n) is 11.1. The number of nitrogens with two attached hydrogens (primary N) is 1. The number of ether oxygens (including phenoxy) is 2. The molecule has 0 radical (unpaired) electrons. The van der Waals surface area contributed by atoms with Gasteiger partial charge in [0.25, 0.3) is 0 Å². The topological polar surface area (TPSA) is 44.5 Å². The monoisotopic (exact) mass is 313 g/mol. The fraction of sp³-hybridized carbons (Fsp3) is 0.571. The van der Waals surface area contributed by atoms with Crippen molar-refractivity contribution in [1.29, 1.82) is 0 Å². The number of hydrogen-bond acceptors (Lipinski definition) is 3. The molecule has 2 atom stereocenters. The molecule has 1 heterocycles. The van der Waals surface area contributed by atoms with Gasteiger partial charge in [-0.3, -0.25) is 0 Å². The summed E-state index contributed by atoms with van der Waals surface area (Å²) in [5.74, 6) is 0.833. The van der Waals surface area contributed by atoms with Gasteiger partial charge in [-0.2, -0.15) is 0 Å². The molecule has 0 bridgehead atoms. The number of methoxy groups -OCH3 is 1. The molecule has 2 unspecified atom stereocenters. The lowest BCUT2D eigenvalue weighted by molar-refractivity contribution is -0.00228. The van der Waals surface area contributed by atoms with Gasteiger partial charge in [-0.25, -0.2) is 0 Å². The Kier molecular flexibility index (Phi) is 3.99. The molecule has 0 spiro atoms. The second-order valence-electron chi connectivity index (χ2n) is 5.09. The number of hydrogen-bond donors (Lipinski definition) is 1. The van der Waals surface area contributed by atoms with E-state index in [4.69, 9.17) is 15.2 Å². The minimum Gasteiger partial charge on any atom is -0.496 e. The average Bonchev–Trinajstić information content (AvgIpc) is 2.79. The molecule has 18 heavy (non-hydrogen) atoms. The van der Waals surface area contributed by atoms with Crippen LogP contribution in [0.15, 0.2) is 16.6 Å². The lowest BCUT2D eigenvalue weighted by Gasteiger charge is -2.31. The smallest absolute Gasteiger partial charge is 0.124 e. The first-order chi connectivity index (χ1) is 8.48. The van der Waals surface area contributed by atoms with E-state index in [1.165, 1.54) is 0 Å². The van der Waals surface area contributed by atoms with Crippen molar-refractivity contribution in [3.63, 3.8) is 0 Å². The Hall–Kier alpha value is -0.580. The molecule has 0 aliphatic carbocycles. The maximum absolute atomic E-state index is 6.40. The Morgan fingerprint density at radius 1 is 1.50 bits per heavy atom. The Bertz CT molecular complexity index is 442. The quantitative estimate of drug-likeness (QED) is 0.931. The van der Waals surface area contributed by atoms with E-state index in [0.29, 0.717) is 0 Å². The van der Waals surface area contributed by atoms with Crippen LogP contribution in [-0.2, 0) is 4.74 Å². The molecule has 4 heteroatoms. The molecule has 2 N–H and O–H groups in total. The molecule has 100 valence electrons. The first kappa shape index (κ1) is 13.8. The van der Waals surface area contributed by atoms with Gasteiger partial charge in [0.2, 0.25) is 0 Å². The Balaban J connectivity index is 2.40. The van der Waals surface area contributed by atoms with Gasteiger partial charge in [-0.1, -0.05) is 15.9 Å². The molecule has 1 saturated heterocycles. The highest BCUT2D eigenvalue weighted by Crippen LogP contribution is 2.40. The summed E-state index contributed by atoms with van der Waals surface area (Å²) in [6, 6.07) is 3.88. The minimum absolute atomic E-state index is 0.174. The summed E-state index contributed by atoms with van der Waals surface area (Å²) in [5, 5.41) is 0. The number of rotatable bonds is 3. The van der Waals surface area contributed by atoms with E-state index in [9.17, 15) is 0 Å². The second-order valence-corrected chi connectivity index (χ2v) is 5.94. The molecular formula is C14H20BrNO2. The van der Waals surface area contributed by atoms with Crippen molar-refractivity contribution in [2.75, 3.05) is 13.7 Å². The molecule has 1 aromatic carbocycles. The lowest BCUT2D eigenvalue weighted by atomic mass is 9.87. The highest BCUT2D eigenvalue weighted by atomic mass is 79.9. The molecule has 1 aliphatic heterocycles. The standard InChI is InChI=1S/C14H20BrNO2/c1-9-7-12(17-3)10(8-11(9)15)13(16)14(2)5-4-6-18-14/h7-8,13H,4-6,16H2,1-3H3. The second kappa shape index (κ2) is 5.19. The molecule has 2 rings (SSSR count). The summed E-state index contributed by atoms with van der Waals surface area (Å²) >= 11 is 3.55. The molecular weight excluding hydrogens is 294 g/mol. The summed E-state index contributed by atoms with van der Waals surface area (Å²) in [4.78, 5) is 0. The van der Waals surface area contributed by atoms with Gasteiger partial charge in [0.15, 0.2) is 0 Å². The van der Waals surface area contributed by atoms with Crippen LogP contribution >= 0.6 is 15.9 Å².